The fourth-order valence-corrected chi connectivity index (χ4v) is 1.90. The Kier molecular flexibility index (Phi) is 3.89. The maximum Gasteiger partial charge on any atom is 0.130 e. The third-order valence-corrected chi connectivity index (χ3v) is 2.85. The Hall–Kier alpha value is -2.56. The predicted molar refractivity (Wildman–Crippen MR) is 69.3 cm³/mol. The van der Waals surface area contributed by atoms with Crippen LogP contribution < -0.4 is 14.6 Å². The summed E-state index contributed by atoms with van der Waals surface area (Å²) in [5, 5.41) is 10.9. The Labute approximate surface area is 115 Å². The first-order chi connectivity index (χ1) is 9.55. The van der Waals surface area contributed by atoms with Gasteiger partial charge in [-0.05, 0) is 35.9 Å². The van der Waals surface area contributed by atoms with Gasteiger partial charge in [-0.25, -0.2) is 4.39 Å². The van der Waals surface area contributed by atoms with E-state index < -0.39 is 11.8 Å². The molecule has 2 aromatic rings. The summed E-state index contributed by atoms with van der Waals surface area (Å²) in [6, 6.07) is 8.47. The number of hydrogen-bond donors (Lipinski definition) is 0. The molecule has 0 radical (unpaired) electrons. The normalized spacial score (nSPS) is 10.2. The largest absolute Gasteiger partial charge is 0.545 e. The number of rotatable bonds is 4. The number of halogens is 1. The monoisotopic (exact) mass is 275 g/mol. The number of hydrogen-bond acceptors (Lipinski definition) is 4. The molecule has 0 unspecified atom stereocenters. The molecule has 104 valence electrons. The molecule has 0 N–H and O–H groups in total. The van der Waals surface area contributed by atoms with E-state index in [2.05, 4.69) is 0 Å². The van der Waals surface area contributed by atoms with Gasteiger partial charge in [0.1, 0.15) is 17.3 Å². The number of carboxylic acids is 1. The summed E-state index contributed by atoms with van der Waals surface area (Å²) in [5.74, 6) is -1.04. The van der Waals surface area contributed by atoms with E-state index >= 15 is 0 Å². The third kappa shape index (κ3) is 2.71. The molecular weight excluding hydrogens is 263 g/mol. The molecular formula is C15H12FO4-. The lowest BCUT2D eigenvalue weighted by atomic mass is 10.0. The van der Waals surface area contributed by atoms with Crippen molar-refractivity contribution in [2.45, 2.75) is 0 Å². The van der Waals surface area contributed by atoms with Crippen LogP contribution in [0.5, 0.6) is 11.5 Å². The second kappa shape index (κ2) is 5.61. The van der Waals surface area contributed by atoms with Crippen LogP contribution in [-0.2, 0) is 0 Å². The van der Waals surface area contributed by atoms with Gasteiger partial charge in [0, 0.05) is 17.2 Å². The van der Waals surface area contributed by atoms with Gasteiger partial charge in [0.05, 0.1) is 20.2 Å². The Morgan fingerprint density at radius 2 is 1.85 bits per heavy atom. The van der Waals surface area contributed by atoms with Crippen molar-refractivity contribution in [3.8, 4) is 22.6 Å². The molecule has 0 saturated carbocycles. The molecule has 0 fully saturated rings. The van der Waals surface area contributed by atoms with Crippen molar-refractivity contribution >= 4 is 5.97 Å². The lowest BCUT2D eigenvalue weighted by Gasteiger charge is -2.12. The highest BCUT2D eigenvalue weighted by atomic mass is 19.1. The van der Waals surface area contributed by atoms with Crippen molar-refractivity contribution in [1.82, 2.24) is 0 Å². The molecule has 0 aliphatic rings. The van der Waals surface area contributed by atoms with Crippen molar-refractivity contribution in [3.05, 3.63) is 47.8 Å². The van der Waals surface area contributed by atoms with E-state index in [4.69, 9.17) is 9.47 Å². The first kappa shape index (κ1) is 13.9. The number of carboxylic acid groups (broad SMARTS) is 1. The van der Waals surface area contributed by atoms with Crippen LogP contribution in [0.3, 0.4) is 0 Å². The van der Waals surface area contributed by atoms with E-state index in [-0.39, 0.29) is 5.56 Å². The summed E-state index contributed by atoms with van der Waals surface area (Å²) < 4.78 is 23.8. The minimum absolute atomic E-state index is 0.224. The van der Waals surface area contributed by atoms with Crippen molar-refractivity contribution in [2.75, 3.05) is 14.2 Å². The number of ether oxygens (including phenoxy) is 2. The average Bonchev–Trinajstić information content (AvgIpc) is 2.45. The van der Waals surface area contributed by atoms with Gasteiger partial charge >= 0.3 is 0 Å². The Morgan fingerprint density at radius 3 is 2.45 bits per heavy atom. The predicted octanol–water partition coefficient (Wildman–Crippen LogP) is 1.87. The van der Waals surface area contributed by atoms with Crippen LogP contribution in [0.2, 0.25) is 0 Å². The smallest absolute Gasteiger partial charge is 0.130 e. The van der Waals surface area contributed by atoms with E-state index in [0.29, 0.717) is 22.6 Å². The number of carbonyl (C=O) groups is 1. The van der Waals surface area contributed by atoms with Gasteiger partial charge in [-0.1, -0.05) is 0 Å². The Balaban J connectivity index is 2.58. The van der Waals surface area contributed by atoms with E-state index in [1.807, 2.05) is 0 Å². The molecule has 4 nitrogen and oxygen atoms in total. The summed E-state index contributed by atoms with van der Waals surface area (Å²) in [7, 11) is 2.99. The van der Waals surface area contributed by atoms with Crippen molar-refractivity contribution in [3.63, 3.8) is 0 Å². The maximum absolute atomic E-state index is 13.5. The molecule has 20 heavy (non-hydrogen) atoms. The highest BCUT2D eigenvalue weighted by molar-refractivity contribution is 5.88. The van der Waals surface area contributed by atoms with E-state index in [1.54, 1.807) is 18.2 Å². The van der Waals surface area contributed by atoms with Gasteiger partial charge in [0.2, 0.25) is 0 Å². The summed E-state index contributed by atoms with van der Waals surface area (Å²) in [5.41, 5.74) is 0.733. The lowest BCUT2D eigenvalue weighted by molar-refractivity contribution is -0.255. The van der Waals surface area contributed by atoms with Gasteiger partial charge in [-0.15, -0.1) is 0 Å². The van der Waals surface area contributed by atoms with Crippen molar-refractivity contribution < 1.29 is 23.8 Å². The molecule has 0 saturated heterocycles. The van der Waals surface area contributed by atoms with E-state index in [9.17, 15) is 14.3 Å². The minimum atomic E-state index is -1.43. The Bertz CT molecular complexity index is 652. The molecule has 2 aromatic carbocycles. The van der Waals surface area contributed by atoms with E-state index in [1.165, 1.54) is 26.4 Å². The highest BCUT2D eigenvalue weighted by Crippen LogP contribution is 2.34. The Morgan fingerprint density at radius 1 is 1.10 bits per heavy atom. The number of carbonyl (C=O) groups excluding carboxylic acids is 1. The number of methoxy groups -OCH3 is 2. The van der Waals surface area contributed by atoms with Gasteiger partial charge in [-0.2, -0.15) is 0 Å². The fourth-order valence-electron chi connectivity index (χ4n) is 1.90. The number of benzene rings is 2. The second-order valence-corrected chi connectivity index (χ2v) is 4.08. The van der Waals surface area contributed by atoms with Crippen LogP contribution in [0.4, 0.5) is 4.39 Å². The molecule has 0 aliphatic carbocycles. The maximum atomic E-state index is 13.5. The van der Waals surface area contributed by atoms with Crippen molar-refractivity contribution in [2.24, 2.45) is 0 Å². The summed E-state index contributed by atoms with van der Waals surface area (Å²) in [4.78, 5) is 10.9. The summed E-state index contributed by atoms with van der Waals surface area (Å²) >= 11 is 0. The van der Waals surface area contributed by atoms with E-state index in [0.717, 1.165) is 6.07 Å². The second-order valence-electron chi connectivity index (χ2n) is 4.08. The molecule has 2 rings (SSSR count). The lowest BCUT2D eigenvalue weighted by Crippen LogP contribution is -2.22. The quantitative estimate of drug-likeness (QED) is 0.854. The van der Waals surface area contributed by atoms with Crippen LogP contribution in [0.15, 0.2) is 36.4 Å². The van der Waals surface area contributed by atoms with Crippen LogP contribution in [0, 0.1) is 5.82 Å². The fraction of sp³-hybridized carbons (Fsp3) is 0.133. The average molecular weight is 275 g/mol. The zero-order valence-electron chi connectivity index (χ0n) is 11.0. The first-order valence-corrected chi connectivity index (χ1v) is 5.79. The zero-order valence-corrected chi connectivity index (χ0v) is 11.0. The SMILES string of the molecule is COc1ccc(-c2cc(F)cc(C(=O)[O-])c2)c(OC)c1. The zero-order chi connectivity index (χ0) is 14.7. The van der Waals surface area contributed by atoms with Gasteiger partial charge in [0.25, 0.3) is 0 Å². The van der Waals surface area contributed by atoms with Gasteiger partial charge in [-0.3, -0.25) is 0 Å². The van der Waals surface area contributed by atoms with Gasteiger partial charge < -0.3 is 19.4 Å². The topological polar surface area (TPSA) is 58.6 Å². The molecule has 0 aromatic heterocycles. The molecule has 0 spiro atoms. The molecule has 0 heterocycles. The summed E-state index contributed by atoms with van der Waals surface area (Å²) in [6.07, 6.45) is 0. The third-order valence-electron chi connectivity index (χ3n) is 2.85. The van der Waals surface area contributed by atoms with Crippen LogP contribution in [-0.4, -0.2) is 20.2 Å². The molecule has 5 heteroatoms. The molecule has 0 bridgehead atoms. The van der Waals surface area contributed by atoms with Gasteiger partial charge in [0.15, 0.2) is 0 Å². The highest BCUT2D eigenvalue weighted by Gasteiger charge is 2.10. The number of aromatic carboxylic acids is 1. The molecule has 0 aliphatic heterocycles. The van der Waals surface area contributed by atoms with Crippen LogP contribution >= 0.6 is 0 Å². The van der Waals surface area contributed by atoms with Crippen molar-refractivity contribution in [1.29, 1.82) is 0 Å². The first-order valence-electron chi connectivity index (χ1n) is 5.79. The molecule has 0 amide bonds. The minimum Gasteiger partial charge on any atom is -0.545 e. The summed E-state index contributed by atoms with van der Waals surface area (Å²) in [6.45, 7) is 0. The van der Waals surface area contributed by atoms with Crippen LogP contribution in [0.25, 0.3) is 11.1 Å². The van der Waals surface area contributed by atoms with Crippen LogP contribution in [0.1, 0.15) is 10.4 Å². The standard InChI is InChI=1S/C15H13FO4/c1-19-12-3-4-13(14(8-12)20-2)9-5-10(15(17)18)7-11(16)6-9/h3-8H,1-2H3,(H,17,18)/p-1. The molecule has 0 atom stereocenters.